The van der Waals surface area contributed by atoms with Crippen LogP contribution < -0.4 is 10.1 Å². The Morgan fingerprint density at radius 2 is 1.90 bits per heavy atom. The summed E-state index contributed by atoms with van der Waals surface area (Å²) < 4.78 is 5.57. The number of rotatable bonds is 4. The standard InChI is InChI=1S/C15H12BrNO4/c1-21-11-4-2-3-9(7-11)14(18)17-13-6-5-10(15(19)20)8-12(13)16/h2-8H,1H3,(H,17,18)(H,19,20). The Bertz CT molecular complexity index is 700. The number of carboxylic acids is 1. The molecule has 2 aromatic rings. The lowest BCUT2D eigenvalue weighted by Crippen LogP contribution is -2.12. The smallest absolute Gasteiger partial charge is 0.335 e. The maximum atomic E-state index is 12.1. The number of carbonyl (C=O) groups excluding carboxylic acids is 1. The third-order valence-electron chi connectivity index (χ3n) is 2.80. The Hall–Kier alpha value is -2.34. The highest BCUT2D eigenvalue weighted by Crippen LogP contribution is 2.24. The molecule has 2 aromatic carbocycles. The van der Waals surface area contributed by atoms with Gasteiger partial charge in [0.25, 0.3) is 5.91 Å². The van der Waals surface area contributed by atoms with Crippen molar-refractivity contribution < 1.29 is 19.4 Å². The van der Waals surface area contributed by atoms with E-state index in [2.05, 4.69) is 21.2 Å². The summed E-state index contributed by atoms with van der Waals surface area (Å²) in [6.45, 7) is 0. The SMILES string of the molecule is COc1cccc(C(=O)Nc2ccc(C(=O)O)cc2Br)c1. The van der Waals surface area contributed by atoms with Crippen LogP contribution in [0.2, 0.25) is 0 Å². The van der Waals surface area contributed by atoms with Crippen LogP contribution in [0, 0.1) is 0 Å². The molecule has 2 N–H and O–H groups in total. The van der Waals surface area contributed by atoms with Crippen molar-refractivity contribution in [3.05, 3.63) is 58.1 Å². The number of anilines is 1. The maximum Gasteiger partial charge on any atom is 0.335 e. The van der Waals surface area contributed by atoms with Crippen LogP contribution in [0.15, 0.2) is 46.9 Å². The fourth-order valence-corrected chi connectivity index (χ4v) is 2.19. The number of aromatic carboxylic acids is 1. The summed E-state index contributed by atoms with van der Waals surface area (Å²) in [4.78, 5) is 23.0. The first kappa shape index (κ1) is 15.1. The highest BCUT2D eigenvalue weighted by molar-refractivity contribution is 9.10. The third kappa shape index (κ3) is 3.61. The molecule has 0 fully saturated rings. The number of ether oxygens (including phenoxy) is 1. The molecule has 0 spiro atoms. The maximum absolute atomic E-state index is 12.1. The predicted octanol–water partition coefficient (Wildman–Crippen LogP) is 3.41. The normalized spacial score (nSPS) is 10.0. The van der Waals surface area contributed by atoms with Gasteiger partial charge in [-0.25, -0.2) is 4.79 Å². The van der Waals surface area contributed by atoms with E-state index >= 15 is 0 Å². The molecule has 1 amide bonds. The summed E-state index contributed by atoms with van der Waals surface area (Å²) in [5.74, 6) is -0.748. The fraction of sp³-hybridized carbons (Fsp3) is 0.0667. The van der Waals surface area contributed by atoms with Crippen LogP contribution in [0.4, 0.5) is 5.69 Å². The molecule has 0 heterocycles. The number of nitrogens with one attached hydrogen (secondary N) is 1. The molecule has 0 saturated carbocycles. The van der Waals surface area contributed by atoms with Gasteiger partial charge < -0.3 is 15.2 Å². The zero-order chi connectivity index (χ0) is 15.4. The van der Waals surface area contributed by atoms with Gasteiger partial charge in [-0.2, -0.15) is 0 Å². The quantitative estimate of drug-likeness (QED) is 0.886. The second-order valence-electron chi connectivity index (χ2n) is 4.19. The number of benzene rings is 2. The van der Waals surface area contributed by atoms with E-state index in [1.165, 1.54) is 25.3 Å². The van der Waals surface area contributed by atoms with E-state index in [-0.39, 0.29) is 11.5 Å². The predicted molar refractivity (Wildman–Crippen MR) is 82.0 cm³/mol. The minimum atomic E-state index is -1.03. The number of hydrogen-bond donors (Lipinski definition) is 2. The van der Waals surface area contributed by atoms with Gasteiger partial charge in [0, 0.05) is 10.0 Å². The first-order valence-corrected chi connectivity index (χ1v) is 6.79. The number of carbonyl (C=O) groups is 2. The molecule has 5 nitrogen and oxygen atoms in total. The van der Waals surface area contributed by atoms with Crippen LogP contribution in [0.1, 0.15) is 20.7 Å². The van der Waals surface area contributed by atoms with E-state index in [4.69, 9.17) is 9.84 Å². The molecule has 0 aromatic heterocycles. The minimum Gasteiger partial charge on any atom is -0.497 e. The second-order valence-corrected chi connectivity index (χ2v) is 5.04. The van der Waals surface area contributed by atoms with Gasteiger partial charge in [-0.05, 0) is 52.3 Å². The average molecular weight is 350 g/mol. The largest absolute Gasteiger partial charge is 0.497 e. The third-order valence-corrected chi connectivity index (χ3v) is 3.45. The molecule has 21 heavy (non-hydrogen) atoms. The zero-order valence-electron chi connectivity index (χ0n) is 11.1. The topological polar surface area (TPSA) is 75.6 Å². The first-order valence-electron chi connectivity index (χ1n) is 5.99. The van der Waals surface area contributed by atoms with Gasteiger partial charge in [-0.1, -0.05) is 6.07 Å². The number of hydrogen-bond acceptors (Lipinski definition) is 3. The highest BCUT2D eigenvalue weighted by atomic mass is 79.9. The summed E-state index contributed by atoms with van der Waals surface area (Å²) in [5.41, 5.74) is 1.08. The zero-order valence-corrected chi connectivity index (χ0v) is 12.7. The summed E-state index contributed by atoms with van der Waals surface area (Å²) in [6.07, 6.45) is 0. The molecule has 0 unspecified atom stereocenters. The lowest BCUT2D eigenvalue weighted by Gasteiger charge is -2.09. The van der Waals surface area contributed by atoms with Gasteiger partial charge in [-0.15, -0.1) is 0 Å². The molecule has 0 radical (unpaired) electrons. The Kier molecular flexibility index (Phi) is 4.59. The van der Waals surface area contributed by atoms with E-state index < -0.39 is 5.97 Å². The molecule has 0 aliphatic carbocycles. The van der Waals surface area contributed by atoms with Crippen molar-refractivity contribution in [2.45, 2.75) is 0 Å². The van der Waals surface area contributed by atoms with Gasteiger partial charge in [-0.3, -0.25) is 4.79 Å². The van der Waals surface area contributed by atoms with Crippen LogP contribution in [-0.4, -0.2) is 24.1 Å². The monoisotopic (exact) mass is 349 g/mol. The summed E-state index contributed by atoms with van der Waals surface area (Å²) in [7, 11) is 1.53. The van der Waals surface area contributed by atoms with E-state index in [0.29, 0.717) is 21.5 Å². The molecule has 0 aliphatic rings. The number of carboxylic acid groups (broad SMARTS) is 1. The lowest BCUT2D eigenvalue weighted by molar-refractivity contribution is 0.0696. The van der Waals surface area contributed by atoms with Gasteiger partial charge >= 0.3 is 5.97 Å². The molecular formula is C15H12BrNO4. The van der Waals surface area contributed by atoms with Crippen LogP contribution >= 0.6 is 15.9 Å². The molecule has 108 valence electrons. The first-order chi connectivity index (χ1) is 10.0. The highest BCUT2D eigenvalue weighted by Gasteiger charge is 2.11. The molecule has 2 rings (SSSR count). The van der Waals surface area contributed by atoms with Crippen molar-refractivity contribution in [3.63, 3.8) is 0 Å². The molecule has 0 bridgehead atoms. The minimum absolute atomic E-state index is 0.140. The van der Waals surface area contributed by atoms with E-state index in [9.17, 15) is 9.59 Å². The van der Waals surface area contributed by atoms with Crippen molar-refractivity contribution in [3.8, 4) is 5.75 Å². The van der Waals surface area contributed by atoms with Crippen LogP contribution in [0.5, 0.6) is 5.75 Å². The number of amides is 1. The molecule has 0 aliphatic heterocycles. The summed E-state index contributed by atoms with van der Waals surface area (Å²) in [5, 5.41) is 11.6. The molecule has 0 atom stereocenters. The number of methoxy groups -OCH3 is 1. The van der Waals surface area contributed by atoms with E-state index in [1.807, 2.05) is 0 Å². The van der Waals surface area contributed by atoms with E-state index in [0.717, 1.165) is 0 Å². The molecule has 0 saturated heterocycles. The van der Waals surface area contributed by atoms with Crippen molar-refractivity contribution in [1.82, 2.24) is 0 Å². The Morgan fingerprint density at radius 1 is 1.14 bits per heavy atom. The van der Waals surface area contributed by atoms with Gasteiger partial charge in [0.15, 0.2) is 0 Å². The van der Waals surface area contributed by atoms with Crippen molar-refractivity contribution >= 4 is 33.5 Å². The van der Waals surface area contributed by atoms with Crippen LogP contribution in [-0.2, 0) is 0 Å². The van der Waals surface area contributed by atoms with Gasteiger partial charge in [0.2, 0.25) is 0 Å². The average Bonchev–Trinajstić information content (AvgIpc) is 2.49. The molecule has 6 heteroatoms. The summed E-state index contributed by atoms with van der Waals surface area (Å²) in [6, 6.07) is 11.1. The number of halogens is 1. The Morgan fingerprint density at radius 3 is 2.52 bits per heavy atom. The lowest BCUT2D eigenvalue weighted by atomic mass is 10.1. The van der Waals surface area contributed by atoms with Gasteiger partial charge in [0.1, 0.15) is 5.75 Å². The Labute approximate surface area is 129 Å². The van der Waals surface area contributed by atoms with Crippen molar-refractivity contribution in [2.75, 3.05) is 12.4 Å². The van der Waals surface area contributed by atoms with E-state index in [1.54, 1.807) is 24.3 Å². The summed E-state index contributed by atoms with van der Waals surface area (Å²) >= 11 is 3.24. The van der Waals surface area contributed by atoms with Crippen LogP contribution in [0.3, 0.4) is 0 Å². The van der Waals surface area contributed by atoms with Gasteiger partial charge in [0.05, 0.1) is 18.4 Å². The van der Waals surface area contributed by atoms with Crippen molar-refractivity contribution in [1.29, 1.82) is 0 Å². The Balaban J connectivity index is 2.21. The fourth-order valence-electron chi connectivity index (χ4n) is 1.71. The van der Waals surface area contributed by atoms with Crippen LogP contribution in [0.25, 0.3) is 0 Å². The second kappa shape index (κ2) is 6.41. The van der Waals surface area contributed by atoms with Crippen molar-refractivity contribution in [2.24, 2.45) is 0 Å². The molecular weight excluding hydrogens is 338 g/mol.